The van der Waals surface area contributed by atoms with Crippen molar-refractivity contribution in [2.45, 2.75) is 3.79 Å². The average Bonchev–Trinajstić information content (AvgIpc) is 2.38. The van der Waals surface area contributed by atoms with Gasteiger partial charge in [-0.05, 0) is 12.1 Å². The Kier molecular flexibility index (Phi) is 4.20. The van der Waals surface area contributed by atoms with Crippen LogP contribution in [-0.2, 0) is 4.79 Å². The summed E-state index contributed by atoms with van der Waals surface area (Å²) in [6.45, 7) is 2.43. The normalized spacial score (nSPS) is 16.8. The summed E-state index contributed by atoms with van der Waals surface area (Å²) in [5.74, 6) is 0.437. The van der Waals surface area contributed by atoms with Gasteiger partial charge >= 0.3 is 0 Å². The van der Waals surface area contributed by atoms with Gasteiger partial charge < -0.3 is 9.80 Å². The highest BCUT2D eigenvalue weighted by Gasteiger charge is 2.36. The van der Waals surface area contributed by atoms with Crippen molar-refractivity contribution in [2.24, 2.45) is 0 Å². The third-order valence-corrected chi connectivity index (χ3v) is 3.27. The Bertz CT molecular complexity index is 413. The van der Waals surface area contributed by atoms with Gasteiger partial charge in [0.25, 0.3) is 9.70 Å². The van der Waals surface area contributed by atoms with Crippen LogP contribution < -0.4 is 4.90 Å². The first kappa shape index (κ1) is 13.7. The molecular weight excluding hydrogens is 296 g/mol. The minimum Gasteiger partial charge on any atom is -0.353 e. The molecule has 98 valence electrons. The van der Waals surface area contributed by atoms with E-state index in [9.17, 15) is 4.79 Å². The van der Waals surface area contributed by atoms with Crippen molar-refractivity contribution in [3.63, 3.8) is 0 Å². The van der Waals surface area contributed by atoms with Crippen LogP contribution in [0.5, 0.6) is 0 Å². The van der Waals surface area contributed by atoms with E-state index < -0.39 is 9.70 Å². The molecule has 1 aromatic heterocycles. The average molecular weight is 309 g/mol. The second-order valence-corrected chi connectivity index (χ2v) is 6.25. The molecule has 2 heterocycles. The summed E-state index contributed by atoms with van der Waals surface area (Å²) in [4.78, 5) is 19.7. The van der Waals surface area contributed by atoms with E-state index in [1.54, 1.807) is 11.1 Å². The summed E-state index contributed by atoms with van der Waals surface area (Å²) in [5.41, 5.74) is 0. The van der Waals surface area contributed by atoms with Crippen molar-refractivity contribution < 1.29 is 4.79 Å². The fourth-order valence-electron chi connectivity index (χ4n) is 1.86. The zero-order valence-electron chi connectivity index (χ0n) is 9.52. The van der Waals surface area contributed by atoms with Gasteiger partial charge in [0, 0.05) is 32.4 Å². The van der Waals surface area contributed by atoms with Crippen LogP contribution in [0.25, 0.3) is 0 Å². The van der Waals surface area contributed by atoms with Crippen LogP contribution in [-0.4, -0.2) is 45.8 Å². The van der Waals surface area contributed by atoms with Crippen molar-refractivity contribution in [1.29, 1.82) is 0 Å². The molecule has 1 fully saturated rings. The Morgan fingerprint density at radius 2 is 1.83 bits per heavy atom. The molecule has 4 nitrogen and oxygen atoms in total. The molecule has 0 N–H and O–H groups in total. The molecule has 0 atom stereocenters. The molecule has 7 heteroatoms. The first-order chi connectivity index (χ1) is 8.48. The lowest BCUT2D eigenvalue weighted by Crippen LogP contribution is -2.51. The number of alkyl halides is 3. The molecule has 1 aromatic rings. The van der Waals surface area contributed by atoms with E-state index in [0.717, 1.165) is 5.82 Å². The molecule has 0 aromatic carbocycles. The zero-order chi connectivity index (χ0) is 13.2. The maximum absolute atomic E-state index is 11.8. The smallest absolute Gasteiger partial charge is 0.274 e. The number of amides is 1. The van der Waals surface area contributed by atoms with Crippen molar-refractivity contribution in [3.05, 3.63) is 24.4 Å². The van der Waals surface area contributed by atoms with Gasteiger partial charge in [0.05, 0.1) is 0 Å². The second-order valence-electron chi connectivity index (χ2n) is 3.96. The number of carbonyl (C=O) groups excluding carboxylic acids is 1. The topological polar surface area (TPSA) is 36.4 Å². The van der Waals surface area contributed by atoms with Crippen LogP contribution in [0, 0.1) is 0 Å². The lowest BCUT2D eigenvalue weighted by molar-refractivity contribution is -0.130. The molecule has 0 bridgehead atoms. The Balaban J connectivity index is 1.95. The van der Waals surface area contributed by atoms with E-state index in [1.807, 2.05) is 18.2 Å². The number of carbonyl (C=O) groups is 1. The summed E-state index contributed by atoms with van der Waals surface area (Å²) in [7, 11) is 0. The molecule has 0 radical (unpaired) electrons. The number of aromatic nitrogens is 1. The highest BCUT2D eigenvalue weighted by molar-refractivity contribution is 6.76. The predicted octanol–water partition coefficient (Wildman–Crippen LogP) is 2.10. The molecule has 0 aliphatic carbocycles. The minimum absolute atomic E-state index is 0.465. The lowest BCUT2D eigenvalue weighted by atomic mass is 10.3. The molecule has 1 amide bonds. The summed E-state index contributed by atoms with van der Waals surface area (Å²) in [6.07, 6.45) is 1.74. The number of halogens is 3. The van der Waals surface area contributed by atoms with Crippen LogP contribution in [0.3, 0.4) is 0 Å². The Labute approximate surface area is 120 Å². The van der Waals surface area contributed by atoms with E-state index in [1.165, 1.54) is 0 Å². The highest BCUT2D eigenvalue weighted by atomic mass is 35.6. The van der Waals surface area contributed by atoms with Gasteiger partial charge in [0.1, 0.15) is 5.82 Å². The standard InChI is InChI=1S/C11H12Cl3N3O/c12-11(13,14)10(18)17-7-5-16(6-8-17)9-3-1-2-4-15-9/h1-4H,5-8H2. The third-order valence-electron chi connectivity index (χ3n) is 2.78. The van der Waals surface area contributed by atoms with Gasteiger partial charge in [0.2, 0.25) is 0 Å². The van der Waals surface area contributed by atoms with Gasteiger partial charge in [-0.25, -0.2) is 4.98 Å². The molecule has 1 aliphatic rings. The molecule has 0 spiro atoms. The predicted molar refractivity (Wildman–Crippen MR) is 73.3 cm³/mol. The second kappa shape index (κ2) is 5.51. The van der Waals surface area contributed by atoms with E-state index in [-0.39, 0.29) is 0 Å². The molecule has 18 heavy (non-hydrogen) atoms. The number of rotatable bonds is 1. The van der Waals surface area contributed by atoms with Crippen LogP contribution in [0.4, 0.5) is 5.82 Å². The SMILES string of the molecule is O=C(N1CCN(c2ccccn2)CC1)C(Cl)(Cl)Cl. The molecule has 1 aliphatic heterocycles. The molecule has 1 saturated heterocycles. The molecule has 2 rings (SSSR count). The maximum Gasteiger partial charge on any atom is 0.274 e. The first-order valence-electron chi connectivity index (χ1n) is 5.50. The number of anilines is 1. The van der Waals surface area contributed by atoms with Gasteiger partial charge in [-0.3, -0.25) is 4.79 Å². The van der Waals surface area contributed by atoms with E-state index >= 15 is 0 Å². The van der Waals surface area contributed by atoms with Crippen molar-refractivity contribution in [2.75, 3.05) is 31.1 Å². The Morgan fingerprint density at radius 3 is 2.33 bits per heavy atom. The van der Waals surface area contributed by atoms with Gasteiger partial charge in [-0.2, -0.15) is 0 Å². The first-order valence-corrected chi connectivity index (χ1v) is 6.64. The molecule has 0 saturated carbocycles. The van der Waals surface area contributed by atoms with E-state index in [2.05, 4.69) is 9.88 Å². The fraction of sp³-hybridized carbons (Fsp3) is 0.455. The number of pyridine rings is 1. The fourth-order valence-corrected chi connectivity index (χ4v) is 2.22. The summed E-state index contributed by atoms with van der Waals surface area (Å²) < 4.78 is -1.87. The monoisotopic (exact) mass is 307 g/mol. The Morgan fingerprint density at radius 1 is 1.17 bits per heavy atom. The van der Waals surface area contributed by atoms with Crippen LogP contribution in [0.15, 0.2) is 24.4 Å². The number of piperazine rings is 1. The quantitative estimate of drug-likeness (QED) is 0.746. The lowest BCUT2D eigenvalue weighted by Gasteiger charge is -2.36. The van der Waals surface area contributed by atoms with E-state index in [4.69, 9.17) is 34.8 Å². The molecular formula is C11H12Cl3N3O. The highest BCUT2D eigenvalue weighted by Crippen LogP contribution is 2.29. The van der Waals surface area contributed by atoms with Gasteiger partial charge in [0.15, 0.2) is 0 Å². The third kappa shape index (κ3) is 3.19. The summed E-state index contributed by atoms with van der Waals surface area (Å²) in [6, 6.07) is 5.74. The van der Waals surface area contributed by atoms with Crippen molar-refractivity contribution >= 4 is 46.5 Å². The number of hydrogen-bond acceptors (Lipinski definition) is 3. The van der Waals surface area contributed by atoms with Crippen LogP contribution in [0.2, 0.25) is 0 Å². The number of nitrogens with zero attached hydrogens (tertiary/aromatic N) is 3. The Hall–Kier alpha value is -0.710. The minimum atomic E-state index is -1.87. The zero-order valence-corrected chi connectivity index (χ0v) is 11.8. The van der Waals surface area contributed by atoms with Gasteiger partial charge in [-0.15, -0.1) is 0 Å². The maximum atomic E-state index is 11.8. The summed E-state index contributed by atoms with van der Waals surface area (Å²) >= 11 is 16.8. The summed E-state index contributed by atoms with van der Waals surface area (Å²) in [5, 5.41) is 0. The van der Waals surface area contributed by atoms with Crippen molar-refractivity contribution in [1.82, 2.24) is 9.88 Å². The van der Waals surface area contributed by atoms with Crippen LogP contribution >= 0.6 is 34.8 Å². The van der Waals surface area contributed by atoms with Crippen molar-refractivity contribution in [3.8, 4) is 0 Å². The largest absolute Gasteiger partial charge is 0.353 e. The van der Waals surface area contributed by atoms with E-state index in [0.29, 0.717) is 26.2 Å². The molecule has 0 unspecified atom stereocenters. The van der Waals surface area contributed by atoms with Gasteiger partial charge in [-0.1, -0.05) is 40.9 Å². The number of hydrogen-bond donors (Lipinski definition) is 0. The van der Waals surface area contributed by atoms with Crippen LogP contribution in [0.1, 0.15) is 0 Å².